The monoisotopic (exact) mass is 152 g/mol. The Morgan fingerprint density at radius 3 is 1.91 bits per heavy atom. The van der Waals surface area contributed by atoms with Gasteiger partial charge in [0, 0.05) is 5.70 Å². The number of hydrogen-bond acceptors (Lipinski definition) is 2. The summed E-state index contributed by atoms with van der Waals surface area (Å²) in [5.41, 5.74) is 8.51. The molecule has 0 saturated heterocycles. The van der Waals surface area contributed by atoms with Gasteiger partial charge in [-0.2, -0.15) is 0 Å². The molecule has 0 spiro atoms. The second-order valence-electron chi connectivity index (χ2n) is 2.75. The molecule has 0 radical (unpaired) electrons. The van der Waals surface area contributed by atoms with Crippen molar-refractivity contribution in [2.45, 2.75) is 20.8 Å². The van der Waals surface area contributed by atoms with E-state index in [1.54, 1.807) is 0 Å². The van der Waals surface area contributed by atoms with Crippen LogP contribution in [0.4, 0.5) is 0 Å². The fourth-order valence-electron chi connectivity index (χ4n) is 0.589. The van der Waals surface area contributed by atoms with Crippen LogP contribution < -0.4 is 11.1 Å². The van der Waals surface area contributed by atoms with Gasteiger partial charge in [-0.05, 0) is 26.3 Å². The third-order valence-corrected chi connectivity index (χ3v) is 1.51. The number of hydrogen-bond donors (Lipinski definition) is 2. The summed E-state index contributed by atoms with van der Waals surface area (Å²) in [7, 11) is 0. The van der Waals surface area contributed by atoms with Crippen LogP contribution >= 0.6 is 0 Å². The Morgan fingerprint density at radius 2 is 1.64 bits per heavy atom. The largest absolute Gasteiger partial charge is 0.386 e. The lowest BCUT2D eigenvalue weighted by atomic mass is 10.1. The fourth-order valence-corrected chi connectivity index (χ4v) is 0.589. The Morgan fingerprint density at radius 1 is 1.18 bits per heavy atom. The zero-order valence-electron chi connectivity index (χ0n) is 7.49. The summed E-state index contributed by atoms with van der Waals surface area (Å²) in [6.45, 7) is 13.4. The first-order chi connectivity index (χ1) is 4.95. The van der Waals surface area contributed by atoms with Crippen LogP contribution in [-0.2, 0) is 0 Å². The van der Waals surface area contributed by atoms with Gasteiger partial charge in [-0.25, -0.2) is 0 Å². The van der Waals surface area contributed by atoms with Crippen LogP contribution in [0.25, 0.3) is 0 Å². The third-order valence-electron chi connectivity index (χ3n) is 1.51. The summed E-state index contributed by atoms with van der Waals surface area (Å²) in [5.74, 6) is 0.426. The zero-order chi connectivity index (χ0) is 9.02. The van der Waals surface area contributed by atoms with Gasteiger partial charge in [0.1, 0.15) is 0 Å². The molecule has 0 unspecified atom stereocenters. The molecule has 0 atom stereocenters. The normalized spacial score (nSPS) is 8.64. The van der Waals surface area contributed by atoms with Crippen LogP contribution in [0.15, 0.2) is 35.8 Å². The number of rotatable bonds is 3. The number of allylic oxidation sites excluding steroid dienone is 2. The zero-order valence-corrected chi connectivity index (χ0v) is 7.49. The van der Waals surface area contributed by atoms with Crippen LogP contribution in [0.2, 0.25) is 0 Å². The number of nitrogens with one attached hydrogen (secondary N) is 1. The first-order valence-corrected chi connectivity index (χ1v) is 3.50. The van der Waals surface area contributed by atoms with Crippen LogP contribution in [0.3, 0.4) is 0 Å². The van der Waals surface area contributed by atoms with E-state index < -0.39 is 0 Å². The first kappa shape index (κ1) is 9.82. The lowest BCUT2D eigenvalue weighted by Gasteiger charge is -2.10. The summed E-state index contributed by atoms with van der Waals surface area (Å²) in [4.78, 5) is 0. The summed E-state index contributed by atoms with van der Waals surface area (Å²) in [5, 5.41) is 2.85. The van der Waals surface area contributed by atoms with Crippen molar-refractivity contribution in [2.75, 3.05) is 0 Å². The molecular formula is C9H16N2. The van der Waals surface area contributed by atoms with Gasteiger partial charge in [0.2, 0.25) is 0 Å². The SMILES string of the molecule is C=C(N)NC(=C)C(C)=C(C)C. The van der Waals surface area contributed by atoms with E-state index in [9.17, 15) is 0 Å². The van der Waals surface area contributed by atoms with E-state index in [-0.39, 0.29) is 0 Å². The minimum atomic E-state index is 0.426. The fraction of sp³-hybridized carbons (Fsp3) is 0.333. The molecule has 0 heterocycles. The van der Waals surface area contributed by atoms with Gasteiger partial charge >= 0.3 is 0 Å². The molecule has 62 valence electrons. The van der Waals surface area contributed by atoms with Crippen LogP contribution in [0, 0.1) is 0 Å². The summed E-state index contributed by atoms with van der Waals surface area (Å²) in [6.07, 6.45) is 0. The Bertz CT molecular complexity index is 208. The molecule has 3 N–H and O–H groups in total. The minimum absolute atomic E-state index is 0.426. The maximum Gasteiger partial charge on any atom is 0.0930 e. The standard InChI is InChI=1S/C9H16N2/c1-6(2)7(3)8(4)11-9(5)10/h11H,4-5,10H2,1-3H3. The molecule has 2 heteroatoms. The molecule has 0 amide bonds. The van der Waals surface area contributed by atoms with Gasteiger partial charge in [-0.3, -0.25) is 0 Å². The molecule has 0 aromatic heterocycles. The summed E-state index contributed by atoms with van der Waals surface area (Å²) in [6, 6.07) is 0. The van der Waals surface area contributed by atoms with Crippen molar-refractivity contribution in [3.05, 3.63) is 35.8 Å². The second kappa shape index (κ2) is 3.86. The molecule has 0 aliphatic carbocycles. The van der Waals surface area contributed by atoms with Gasteiger partial charge in [-0.15, -0.1) is 0 Å². The smallest absolute Gasteiger partial charge is 0.0930 e. The molecule has 0 aromatic rings. The maximum absolute atomic E-state index is 5.34. The highest BCUT2D eigenvalue weighted by atomic mass is 15.0. The highest BCUT2D eigenvalue weighted by molar-refractivity contribution is 5.30. The van der Waals surface area contributed by atoms with Crippen molar-refractivity contribution in [3.63, 3.8) is 0 Å². The molecule has 0 aromatic carbocycles. The van der Waals surface area contributed by atoms with Gasteiger partial charge in [-0.1, -0.05) is 18.7 Å². The van der Waals surface area contributed by atoms with Crippen molar-refractivity contribution in [1.82, 2.24) is 5.32 Å². The van der Waals surface area contributed by atoms with Gasteiger partial charge < -0.3 is 11.1 Å². The lowest BCUT2D eigenvalue weighted by molar-refractivity contribution is 0.958. The Hall–Kier alpha value is -1.18. The quantitative estimate of drug-likeness (QED) is 0.606. The van der Waals surface area contributed by atoms with E-state index in [1.807, 2.05) is 20.8 Å². The van der Waals surface area contributed by atoms with E-state index in [0.29, 0.717) is 5.82 Å². The van der Waals surface area contributed by atoms with E-state index in [0.717, 1.165) is 11.3 Å². The predicted molar refractivity (Wildman–Crippen MR) is 49.7 cm³/mol. The molecule has 0 saturated carbocycles. The average molecular weight is 152 g/mol. The molecule has 11 heavy (non-hydrogen) atoms. The Balaban J connectivity index is 4.28. The molecule has 0 bridgehead atoms. The van der Waals surface area contributed by atoms with Crippen molar-refractivity contribution < 1.29 is 0 Å². The summed E-state index contributed by atoms with van der Waals surface area (Å²) >= 11 is 0. The van der Waals surface area contributed by atoms with Gasteiger partial charge in [0.05, 0.1) is 5.82 Å². The van der Waals surface area contributed by atoms with E-state index in [1.165, 1.54) is 5.57 Å². The highest BCUT2D eigenvalue weighted by Crippen LogP contribution is 2.09. The lowest BCUT2D eigenvalue weighted by Crippen LogP contribution is -2.18. The molecule has 0 rings (SSSR count). The van der Waals surface area contributed by atoms with Crippen molar-refractivity contribution in [2.24, 2.45) is 5.73 Å². The Labute approximate surface area is 68.5 Å². The van der Waals surface area contributed by atoms with E-state index in [2.05, 4.69) is 18.5 Å². The molecule has 2 nitrogen and oxygen atoms in total. The van der Waals surface area contributed by atoms with Gasteiger partial charge in [0.25, 0.3) is 0 Å². The van der Waals surface area contributed by atoms with Crippen molar-refractivity contribution >= 4 is 0 Å². The Kier molecular flexibility index (Phi) is 3.45. The average Bonchev–Trinajstić information content (AvgIpc) is 1.84. The number of nitrogens with two attached hydrogens (primary N) is 1. The minimum Gasteiger partial charge on any atom is -0.386 e. The molecular weight excluding hydrogens is 136 g/mol. The van der Waals surface area contributed by atoms with E-state index in [4.69, 9.17) is 5.73 Å². The topological polar surface area (TPSA) is 38.0 Å². The third kappa shape index (κ3) is 3.50. The summed E-state index contributed by atoms with van der Waals surface area (Å²) < 4.78 is 0. The van der Waals surface area contributed by atoms with Crippen molar-refractivity contribution in [1.29, 1.82) is 0 Å². The van der Waals surface area contributed by atoms with Crippen molar-refractivity contribution in [3.8, 4) is 0 Å². The molecule has 0 aliphatic heterocycles. The van der Waals surface area contributed by atoms with E-state index >= 15 is 0 Å². The van der Waals surface area contributed by atoms with Crippen LogP contribution in [0.5, 0.6) is 0 Å². The molecule has 0 fully saturated rings. The van der Waals surface area contributed by atoms with Crippen LogP contribution in [-0.4, -0.2) is 0 Å². The van der Waals surface area contributed by atoms with Crippen LogP contribution in [0.1, 0.15) is 20.8 Å². The predicted octanol–water partition coefficient (Wildman–Crippen LogP) is 1.88. The highest BCUT2D eigenvalue weighted by Gasteiger charge is 1.97. The molecule has 0 aliphatic rings. The van der Waals surface area contributed by atoms with Gasteiger partial charge in [0.15, 0.2) is 0 Å². The first-order valence-electron chi connectivity index (χ1n) is 3.50. The maximum atomic E-state index is 5.34. The second-order valence-corrected chi connectivity index (χ2v) is 2.75.